The first-order chi connectivity index (χ1) is 16.4. The SMILES string of the molecule is COC(=O)c1ccc(CC(=O)C(CC2CCCCC2)n2cnc3c(C)cc(Cl)cc3c2=O)nc1. The zero-order valence-electron chi connectivity index (χ0n) is 19.4. The van der Waals surface area contributed by atoms with E-state index in [4.69, 9.17) is 16.3 Å². The second kappa shape index (κ2) is 10.5. The number of esters is 1. The third-order valence-electron chi connectivity index (χ3n) is 6.63. The first-order valence-corrected chi connectivity index (χ1v) is 12.0. The number of ketones is 1. The van der Waals surface area contributed by atoms with Crippen LogP contribution in [0.4, 0.5) is 0 Å². The van der Waals surface area contributed by atoms with Crippen LogP contribution in [0.1, 0.15) is 66.2 Å². The van der Waals surface area contributed by atoms with Gasteiger partial charge in [0.2, 0.25) is 0 Å². The van der Waals surface area contributed by atoms with E-state index in [9.17, 15) is 14.4 Å². The predicted molar refractivity (Wildman–Crippen MR) is 130 cm³/mol. The Bertz CT molecular complexity index is 1260. The van der Waals surface area contributed by atoms with E-state index in [2.05, 4.69) is 9.97 Å². The van der Waals surface area contributed by atoms with Gasteiger partial charge in [-0.1, -0.05) is 43.7 Å². The monoisotopic (exact) mass is 481 g/mol. The smallest absolute Gasteiger partial charge is 0.339 e. The molecule has 34 heavy (non-hydrogen) atoms. The average molecular weight is 482 g/mol. The van der Waals surface area contributed by atoms with Gasteiger partial charge in [0, 0.05) is 16.9 Å². The summed E-state index contributed by atoms with van der Waals surface area (Å²) in [6.45, 7) is 1.86. The maximum atomic E-state index is 13.5. The number of ether oxygens (including phenoxy) is 1. The maximum absolute atomic E-state index is 13.5. The van der Waals surface area contributed by atoms with E-state index in [1.165, 1.54) is 30.6 Å². The fraction of sp³-hybridized carbons (Fsp3) is 0.423. The van der Waals surface area contributed by atoms with E-state index in [1.807, 2.05) is 6.92 Å². The molecule has 0 aliphatic heterocycles. The number of halogens is 1. The van der Waals surface area contributed by atoms with Gasteiger partial charge in [0.1, 0.15) is 0 Å². The summed E-state index contributed by atoms with van der Waals surface area (Å²) in [6, 6.07) is 5.98. The second-order valence-corrected chi connectivity index (χ2v) is 9.44. The number of aryl methyl sites for hydroxylation is 1. The number of carbonyl (C=O) groups is 2. The molecule has 1 unspecified atom stereocenters. The summed E-state index contributed by atoms with van der Waals surface area (Å²) in [4.78, 5) is 47.5. The third kappa shape index (κ3) is 5.20. The Morgan fingerprint density at radius 1 is 1.18 bits per heavy atom. The fourth-order valence-electron chi connectivity index (χ4n) is 4.81. The summed E-state index contributed by atoms with van der Waals surface area (Å²) in [7, 11) is 1.31. The molecule has 1 atom stereocenters. The minimum absolute atomic E-state index is 0.0535. The van der Waals surface area contributed by atoms with Crippen molar-refractivity contribution in [3.05, 3.63) is 69.0 Å². The molecule has 0 saturated heterocycles. The molecular weight excluding hydrogens is 454 g/mol. The normalized spacial score (nSPS) is 15.3. The molecule has 3 aromatic rings. The van der Waals surface area contributed by atoms with Gasteiger partial charge in [0.15, 0.2) is 5.78 Å². The summed E-state index contributed by atoms with van der Waals surface area (Å²) in [5.74, 6) is -0.213. The highest BCUT2D eigenvalue weighted by Crippen LogP contribution is 2.31. The van der Waals surface area contributed by atoms with E-state index >= 15 is 0 Å². The summed E-state index contributed by atoms with van der Waals surface area (Å²) < 4.78 is 6.17. The zero-order valence-corrected chi connectivity index (χ0v) is 20.2. The number of rotatable bonds is 7. The standard InChI is InChI=1S/C26H28ClN3O4/c1-16-10-19(27)12-21-24(16)29-15-30(25(21)32)22(11-17-6-4-3-5-7-17)23(31)13-20-9-8-18(14-28-20)26(33)34-2/h8-10,12,14-15,17,22H,3-7,11,13H2,1-2H3. The fourth-order valence-corrected chi connectivity index (χ4v) is 5.08. The second-order valence-electron chi connectivity index (χ2n) is 9.00. The number of hydrogen-bond donors (Lipinski definition) is 0. The number of benzene rings is 1. The molecule has 2 aromatic heterocycles. The Balaban J connectivity index is 1.68. The number of fused-ring (bicyclic) bond motifs is 1. The van der Waals surface area contributed by atoms with Gasteiger partial charge in [-0.25, -0.2) is 9.78 Å². The van der Waals surface area contributed by atoms with Crippen LogP contribution < -0.4 is 5.56 Å². The summed E-state index contributed by atoms with van der Waals surface area (Å²) in [6.07, 6.45) is 9.13. The van der Waals surface area contributed by atoms with Gasteiger partial charge >= 0.3 is 5.97 Å². The Labute approximate surface area is 203 Å². The van der Waals surface area contributed by atoms with Crippen LogP contribution in [-0.4, -0.2) is 33.4 Å². The van der Waals surface area contributed by atoms with Crippen molar-refractivity contribution in [2.24, 2.45) is 5.92 Å². The molecule has 0 amide bonds. The van der Waals surface area contributed by atoms with Crippen molar-refractivity contribution in [2.45, 2.75) is 57.9 Å². The van der Waals surface area contributed by atoms with Gasteiger partial charge in [0.25, 0.3) is 5.56 Å². The Kier molecular flexibility index (Phi) is 7.41. The predicted octanol–water partition coefficient (Wildman–Crippen LogP) is 4.86. The van der Waals surface area contributed by atoms with Crippen LogP contribution in [0.25, 0.3) is 10.9 Å². The molecule has 1 fully saturated rings. The first kappa shape index (κ1) is 24.1. The van der Waals surface area contributed by atoms with E-state index < -0.39 is 12.0 Å². The van der Waals surface area contributed by atoms with Crippen molar-refractivity contribution in [1.29, 1.82) is 0 Å². The van der Waals surface area contributed by atoms with Gasteiger partial charge in [-0.3, -0.25) is 19.1 Å². The number of methoxy groups -OCH3 is 1. The van der Waals surface area contributed by atoms with Gasteiger partial charge in [0.05, 0.1) is 42.4 Å². The molecule has 4 rings (SSSR count). The molecule has 1 saturated carbocycles. The van der Waals surface area contributed by atoms with Crippen LogP contribution in [-0.2, 0) is 16.0 Å². The number of Topliss-reactive ketones (excluding diaryl/α,β-unsaturated/α-hetero) is 1. The lowest BCUT2D eigenvalue weighted by Crippen LogP contribution is -2.33. The van der Waals surface area contributed by atoms with Crippen LogP contribution in [0.15, 0.2) is 41.6 Å². The van der Waals surface area contributed by atoms with Gasteiger partial charge < -0.3 is 4.74 Å². The molecule has 0 N–H and O–H groups in total. The number of pyridine rings is 1. The Morgan fingerprint density at radius 3 is 2.62 bits per heavy atom. The summed E-state index contributed by atoms with van der Waals surface area (Å²) in [5, 5.41) is 0.876. The largest absolute Gasteiger partial charge is 0.465 e. The maximum Gasteiger partial charge on any atom is 0.339 e. The van der Waals surface area contributed by atoms with E-state index in [1.54, 1.807) is 24.3 Å². The van der Waals surface area contributed by atoms with Crippen molar-refractivity contribution in [3.8, 4) is 0 Å². The third-order valence-corrected chi connectivity index (χ3v) is 6.85. The minimum Gasteiger partial charge on any atom is -0.465 e. The molecule has 1 aliphatic carbocycles. The minimum atomic E-state index is -0.645. The van der Waals surface area contributed by atoms with Gasteiger partial charge in [-0.05, 0) is 49.1 Å². The summed E-state index contributed by atoms with van der Waals surface area (Å²) >= 11 is 6.21. The molecule has 1 aliphatic rings. The van der Waals surface area contributed by atoms with Crippen molar-refractivity contribution >= 4 is 34.3 Å². The number of hydrogen-bond acceptors (Lipinski definition) is 6. The highest BCUT2D eigenvalue weighted by Gasteiger charge is 2.28. The molecule has 2 heterocycles. The number of nitrogens with zero attached hydrogens (tertiary/aromatic N) is 3. The van der Waals surface area contributed by atoms with Gasteiger partial charge in [-0.15, -0.1) is 0 Å². The van der Waals surface area contributed by atoms with Crippen LogP contribution in [0, 0.1) is 12.8 Å². The van der Waals surface area contributed by atoms with Crippen molar-refractivity contribution < 1.29 is 14.3 Å². The highest BCUT2D eigenvalue weighted by molar-refractivity contribution is 6.31. The Hall–Kier alpha value is -3.06. The van der Waals surface area contributed by atoms with Crippen molar-refractivity contribution in [1.82, 2.24) is 14.5 Å². The number of carbonyl (C=O) groups excluding carboxylic acids is 2. The molecular formula is C26H28ClN3O4. The van der Waals surface area contributed by atoms with E-state index in [-0.39, 0.29) is 17.8 Å². The van der Waals surface area contributed by atoms with Crippen molar-refractivity contribution in [2.75, 3.05) is 7.11 Å². The lowest BCUT2D eigenvalue weighted by Gasteiger charge is -2.27. The zero-order chi connectivity index (χ0) is 24.2. The van der Waals surface area contributed by atoms with Gasteiger partial charge in [-0.2, -0.15) is 0 Å². The van der Waals surface area contributed by atoms with Crippen LogP contribution in [0.2, 0.25) is 5.02 Å². The molecule has 0 bridgehead atoms. The Morgan fingerprint density at radius 2 is 1.94 bits per heavy atom. The molecule has 1 aromatic carbocycles. The molecule has 0 radical (unpaired) electrons. The number of aromatic nitrogens is 3. The molecule has 8 heteroatoms. The van der Waals surface area contributed by atoms with Crippen molar-refractivity contribution in [3.63, 3.8) is 0 Å². The summed E-state index contributed by atoms with van der Waals surface area (Å²) in [5.41, 5.74) is 2.00. The lowest BCUT2D eigenvalue weighted by atomic mass is 9.83. The highest BCUT2D eigenvalue weighted by atomic mass is 35.5. The quantitative estimate of drug-likeness (QED) is 0.447. The average Bonchev–Trinajstić information content (AvgIpc) is 2.84. The lowest BCUT2D eigenvalue weighted by molar-refractivity contribution is -0.122. The molecule has 0 spiro atoms. The van der Waals surface area contributed by atoms with E-state index in [0.29, 0.717) is 39.5 Å². The first-order valence-electron chi connectivity index (χ1n) is 11.6. The molecule has 178 valence electrons. The van der Waals surface area contributed by atoms with Crippen LogP contribution >= 0.6 is 11.6 Å². The van der Waals surface area contributed by atoms with E-state index in [0.717, 1.165) is 31.2 Å². The topological polar surface area (TPSA) is 91.2 Å². The molecule has 7 nitrogen and oxygen atoms in total. The van der Waals surface area contributed by atoms with Crippen LogP contribution in [0.5, 0.6) is 0 Å². The van der Waals surface area contributed by atoms with Crippen LogP contribution in [0.3, 0.4) is 0 Å².